The van der Waals surface area contributed by atoms with Crippen LogP contribution in [0, 0.1) is 0 Å². The summed E-state index contributed by atoms with van der Waals surface area (Å²) in [5.74, 6) is 0.396. The van der Waals surface area contributed by atoms with Crippen molar-refractivity contribution in [3.63, 3.8) is 0 Å². The lowest BCUT2D eigenvalue weighted by molar-refractivity contribution is 0.670. The van der Waals surface area contributed by atoms with E-state index in [1.54, 1.807) is 0 Å². The maximum atomic E-state index is 11.2. The molecule has 80 valence electrons. The molecule has 0 saturated heterocycles. The molecule has 1 aromatic heterocycles. The zero-order valence-corrected chi connectivity index (χ0v) is 9.83. The molecule has 0 saturated carbocycles. The van der Waals surface area contributed by atoms with Gasteiger partial charge in [-0.25, -0.2) is 0 Å². The Labute approximate surface area is 88.6 Å². The Morgan fingerprint density at radius 1 is 1.50 bits per heavy atom. The van der Waals surface area contributed by atoms with Crippen molar-refractivity contribution in [3.8, 4) is 0 Å². The van der Waals surface area contributed by atoms with Crippen LogP contribution in [-0.4, -0.2) is 11.5 Å². The summed E-state index contributed by atoms with van der Waals surface area (Å²) in [5, 5.41) is 3.31. The molecule has 0 amide bonds. The molecule has 0 unspecified atom stereocenters. The van der Waals surface area contributed by atoms with E-state index in [0.29, 0.717) is 5.92 Å². The highest BCUT2D eigenvalue weighted by Crippen LogP contribution is 2.18. The molecule has 0 fully saturated rings. The monoisotopic (exact) mass is 214 g/mol. The number of aromatic nitrogens is 1. The van der Waals surface area contributed by atoms with E-state index in [1.807, 2.05) is 0 Å². The van der Waals surface area contributed by atoms with E-state index in [4.69, 9.17) is 0 Å². The molecule has 2 N–H and O–H groups in total. The molecular weight excluding hydrogens is 196 g/mol. The van der Waals surface area contributed by atoms with Gasteiger partial charge in [-0.15, -0.1) is 0 Å². The molecule has 3 nitrogen and oxygen atoms in total. The first-order valence-electron chi connectivity index (χ1n) is 5.07. The first kappa shape index (κ1) is 11.5. The largest absolute Gasteiger partial charge is 0.316 e. The van der Waals surface area contributed by atoms with Crippen molar-refractivity contribution in [3.05, 3.63) is 20.2 Å². The molecule has 1 heterocycles. The fraction of sp³-hybridized carbons (Fsp3) is 0.700. The Morgan fingerprint density at radius 2 is 2.21 bits per heavy atom. The fourth-order valence-electron chi connectivity index (χ4n) is 1.35. The molecule has 4 heteroatoms. The summed E-state index contributed by atoms with van der Waals surface area (Å²) in [4.78, 5) is 15.3. The summed E-state index contributed by atoms with van der Waals surface area (Å²) in [6.07, 6.45) is 1.12. The summed E-state index contributed by atoms with van der Waals surface area (Å²) < 4.78 is 0. The van der Waals surface area contributed by atoms with Gasteiger partial charge in [-0.3, -0.25) is 4.79 Å². The van der Waals surface area contributed by atoms with E-state index in [2.05, 4.69) is 31.1 Å². The Hall–Kier alpha value is -0.610. The minimum absolute atomic E-state index is 0.0574. The van der Waals surface area contributed by atoms with Gasteiger partial charge in [0.2, 0.25) is 0 Å². The topological polar surface area (TPSA) is 44.9 Å². The van der Waals surface area contributed by atoms with Crippen LogP contribution in [0.1, 0.15) is 43.7 Å². The number of aromatic amines is 1. The first-order chi connectivity index (χ1) is 6.65. The average Bonchev–Trinajstić information content (AvgIpc) is 2.47. The van der Waals surface area contributed by atoms with E-state index in [1.165, 1.54) is 11.3 Å². The smallest absolute Gasteiger partial charge is 0.304 e. The van der Waals surface area contributed by atoms with Gasteiger partial charge in [0.25, 0.3) is 0 Å². The number of hydrogen-bond acceptors (Lipinski definition) is 3. The Kier molecular flexibility index (Phi) is 4.35. The molecule has 1 aromatic rings. The van der Waals surface area contributed by atoms with Gasteiger partial charge < -0.3 is 10.3 Å². The molecule has 1 rings (SSSR count). The molecule has 0 radical (unpaired) electrons. The maximum absolute atomic E-state index is 11.2. The maximum Gasteiger partial charge on any atom is 0.304 e. The van der Waals surface area contributed by atoms with Crippen LogP contribution in [0.25, 0.3) is 0 Å². The standard InChI is InChI=1S/C10H18N2OS/c1-4-5-11-6-8-9(7(2)3)12-10(13)14-8/h7,11H,4-6H2,1-3H3,(H,12,13). The van der Waals surface area contributed by atoms with Gasteiger partial charge in [-0.2, -0.15) is 0 Å². The van der Waals surface area contributed by atoms with Gasteiger partial charge in [0.05, 0.1) is 0 Å². The van der Waals surface area contributed by atoms with E-state index in [9.17, 15) is 4.79 Å². The molecule has 0 aliphatic rings. The Morgan fingerprint density at radius 3 is 2.79 bits per heavy atom. The van der Waals surface area contributed by atoms with Crippen molar-refractivity contribution < 1.29 is 0 Å². The lowest BCUT2D eigenvalue weighted by atomic mass is 10.1. The highest BCUT2D eigenvalue weighted by Gasteiger charge is 2.10. The van der Waals surface area contributed by atoms with Crippen LogP contribution in [0.4, 0.5) is 0 Å². The van der Waals surface area contributed by atoms with Crippen LogP contribution < -0.4 is 10.2 Å². The van der Waals surface area contributed by atoms with Crippen molar-refractivity contribution in [2.24, 2.45) is 0 Å². The molecule has 0 bridgehead atoms. The minimum atomic E-state index is 0.0574. The SMILES string of the molecule is CCCNCc1sc(=O)[nH]c1C(C)C. The second-order valence-corrected chi connectivity index (χ2v) is 4.75. The number of H-pyrrole nitrogens is 1. The zero-order valence-electron chi connectivity index (χ0n) is 9.02. The molecule has 0 spiro atoms. The van der Waals surface area contributed by atoms with Gasteiger partial charge in [-0.1, -0.05) is 32.1 Å². The van der Waals surface area contributed by atoms with Crippen LogP contribution in [0.5, 0.6) is 0 Å². The van der Waals surface area contributed by atoms with Gasteiger partial charge in [0.1, 0.15) is 0 Å². The van der Waals surface area contributed by atoms with Crippen LogP contribution in [0.2, 0.25) is 0 Å². The molecule has 0 aliphatic heterocycles. The van der Waals surface area contributed by atoms with E-state index >= 15 is 0 Å². The normalized spacial score (nSPS) is 11.1. The van der Waals surface area contributed by atoms with Gasteiger partial charge >= 0.3 is 4.87 Å². The summed E-state index contributed by atoms with van der Waals surface area (Å²) in [6, 6.07) is 0. The van der Waals surface area contributed by atoms with Gasteiger partial charge in [0, 0.05) is 17.1 Å². The number of rotatable bonds is 5. The van der Waals surface area contributed by atoms with E-state index in [0.717, 1.165) is 30.1 Å². The molecular formula is C10H18N2OS. The predicted molar refractivity (Wildman–Crippen MR) is 61.0 cm³/mol. The lowest BCUT2D eigenvalue weighted by Crippen LogP contribution is -2.14. The Bertz CT molecular complexity index is 327. The summed E-state index contributed by atoms with van der Waals surface area (Å²) in [7, 11) is 0. The van der Waals surface area contributed by atoms with Crippen LogP contribution in [0.3, 0.4) is 0 Å². The van der Waals surface area contributed by atoms with Crippen molar-refractivity contribution in [2.45, 2.75) is 39.7 Å². The minimum Gasteiger partial charge on any atom is -0.316 e. The van der Waals surface area contributed by atoms with Crippen LogP contribution >= 0.6 is 11.3 Å². The summed E-state index contributed by atoms with van der Waals surface area (Å²) in [5.41, 5.74) is 1.09. The van der Waals surface area contributed by atoms with Gasteiger partial charge in [-0.05, 0) is 18.9 Å². The third-order valence-electron chi connectivity index (χ3n) is 2.04. The van der Waals surface area contributed by atoms with E-state index < -0.39 is 0 Å². The number of nitrogens with one attached hydrogen (secondary N) is 2. The molecule has 14 heavy (non-hydrogen) atoms. The molecule has 0 aliphatic carbocycles. The quantitative estimate of drug-likeness (QED) is 0.737. The third kappa shape index (κ3) is 2.96. The lowest BCUT2D eigenvalue weighted by Gasteiger charge is -2.06. The zero-order chi connectivity index (χ0) is 10.6. The summed E-state index contributed by atoms with van der Waals surface area (Å²) in [6.45, 7) is 8.15. The molecule has 0 atom stereocenters. The molecule has 0 aromatic carbocycles. The fourth-order valence-corrected chi connectivity index (χ4v) is 2.30. The van der Waals surface area contributed by atoms with Crippen molar-refractivity contribution in [2.75, 3.05) is 6.54 Å². The Balaban J connectivity index is 2.69. The van der Waals surface area contributed by atoms with E-state index in [-0.39, 0.29) is 4.87 Å². The first-order valence-corrected chi connectivity index (χ1v) is 5.89. The summed E-state index contributed by atoms with van der Waals surface area (Å²) >= 11 is 1.32. The highest BCUT2D eigenvalue weighted by atomic mass is 32.1. The number of thiazole rings is 1. The van der Waals surface area contributed by atoms with Crippen LogP contribution in [0.15, 0.2) is 4.79 Å². The third-order valence-corrected chi connectivity index (χ3v) is 2.94. The van der Waals surface area contributed by atoms with Crippen molar-refractivity contribution >= 4 is 11.3 Å². The van der Waals surface area contributed by atoms with Crippen LogP contribution in [-0.2, 0) is 6.54 Å². The van der Waals surface area contributed by atoms with Crippen molar-refractivity contribution in [1.82, 2.24) is 10.3 Å². The van der Waals surface area contributed by atoms with Crippen molar-refractivity contribution in [1.29, 1.82) is 0 Å². The second-order valence-electron chi connectivity index (χ2n) is 3.68. The van der Waals surface area contributed by atoms with Gasteiger partial charge in [0.15, 0.2) is 0 Å². The highest BCUT2D eigenvalue weighted by molar-refractivity contribution is 7.09. The predicted octanol–water partition coefficient (Wildman–Crippen LogP) is 2.06. The number of hydrogen-bond donors (Lipinski definition) is 2. The average molecular weight is 214 g/mol. The second kappa shape index (κ2) is 5.32.